The number of ether oxygens (including phenoxy) is 2. The van der Waals surface area contributed by atoms with E-state index in [0.29, 0.717) is 18.5 Å². The molecule has 2 aliphatic rings. The van der Waals surface area contributed by atoms with E-state index in [-0.39, 0.29) is 24.0 Å². The Morgan fingerprint density at radius 1 is 1.03 bits per heavy atom. The SMILES string of the molecule is CC.CCn1cnc(-c2cc3c(cn2)CN(c2c(F)c(OC)cc(OC)c2F)C(=O)C32CC2)c1. The number of carbonyl (C=O) groups excluding carboxylic acids is 1. The van der Waals surface area contributed by atoms with Gasteiger partial charge in [-0.25, -0.2) is 13.8 Å². The lowest BCUT2D eigenvalue weighted by atomic mass is 9.86. The van der Waals surface area contributed by atoms with Gasteiger partial charge < -0.3 is 18.9 Å². The summed E-state index contributed by atoms with van der Waals surface area (Å²) in [5.74, 6) is -2.60. The molecule has 7 nitrogen and oxygen atoms in total. The Morgan fingerprint density at radius 3 is 2.21 bits per heavy atom. The highest BCUT2D eigenvalue weighted by Crippen LogP contribution is 2.55. The molecule has 3 aromatic rings. The van der Waals surface area contributed by atoms with Gasteiger partial charge in [-0.2, -0.15) is 0 Å². The van der Waals surface area contributed by atoms with Crippen LogP contribution >= 0.6 is 0 Å². The van der Waals surface area contributed by atoms with Gasteiger partial charge in [-0.1, -0.05) is 13.8 Å². The second-order valence-electron chi connectivity index (χ2n) is 8.05. The fourth-order valence-corrected chi connectivity index (χ4v) is 4.37. The maximum Gasteiger partial charge on any atom is 0.238 e. The molecule has 1 aliphatic carbocycles. The molecule has 0 N–H and O–H groups in total. The quantitative estimate of drug-likeness (QED) is 0.532. The first kappa shape index (κ1) is 23.7. The van der Waals surface area contributed by atoms with Crippen LogP contribution < -0.4 is 14.4 Å². The predicted octanol–water partition coefficient (Wildman–Crippen LogP) is 4.87. The molecule has 0 atom stereocenters. The second kappa shape index (κ2) is 9.04. The molecule has 2 aromatic heterocycles. The van der Waals surface area contributed by atoms with Crippen LogP contribution in [0.1, 0.15) is 44.7 Å². The van der Waals surface area contributed by atoms with E-state index in [1.54, 1.807) is 12.5 Å². The van der Waals surface area contributed by atoms with E-state index < -0.39 is 22.7 Å². The molecule has 1 saturated carbocycles. The van der Waals surface area contributed by atoms with Crippen LogP contribution in [0.25, 0.3) is 11.4 Å². The summed E-state index contributed by atoms with van der Waals surface area (Å²) in [6.45, 7) is 6.80. The van der Waals surface area contributed by atoms with Crippen LogP contribution in [0.15, 0.2) is 30.9 Å². The molecule has 180 valence electrons. The van der Waals surface area contributed by atoms with Crippen molar-refractivity contribution in [3.63, 3.8) is 0 Å². The van der Waals surface area contributed by atoms with Gasteiger partial charge in [0, 0.05) is 25.0 Å². The molecule has 9 heteroatoms. The van der Waals surface area contributed by atoms with Crippen molar-refractivity contribution in [1.29, 1.82) is 0 Å². The fourth-order valence-electron chi connectivity index (χ4n) is 4.37. The van der Waals surface area contributed by atoms with Crippen molar-refractivity contribution in [2.24, 2.45) is 0 Å². The maximum absolute atomic E-state index is 15.1. The monoisotopic (exact) mass is 470 g/mol. The normalized spacial score (nSPS) is 15.5. The second-order valence-corrected chi connectivity index (χ2v) is 8.05. The first-order valence-electron chi connectivity index (χ1n) is 11.4. The smallest absolute Gasteiger partial charge is 0.238 e. The molecule has 1 aromatic carbocycles. The van der Waals surface area contributed by atoms with Gasteiger partial charge >= 0.3 is 0 Å². The Hall–Kier alpha value is -3.49. The van der Waals surface area contributed by atoms with Crippen molar-refractivity contribution in [3.05, 3.63) is 53.6 Å². The molecule has 1 spiro atoms. The van der Waals surface area contributed by atoms with Crippen LogP contribution in [0, 0.1) is 11.6 Å². The summed E-state index contributed by atoms with van der Waals surface area (Å²) in [5, 5.41) is 0. The first-order chi connectivity index (χ1) is 16.4. The number of nitrogens with zero attached hydrogens (tertiary/aromatic N) is 4. The lowest BCUT2D eigenvalue weighted by molar-refractivity contribution is -0.121. The number of hydrogen-bond acceptors (Lipinski definition) is 5. The van der Waals surface area contributed by atoms with Gasteiger partial charge in [0.1, 0.15) is 11.4 Å². The highest BCUT2D eigenvalue weighted by atomic mass is 19.1. The summed E-state index contributed by atoms with van der Waals surface area (Å²) in [6.07, 6.45) is 6.51. The van der Waals surface area contributed by atoms with Gasteiger partial charge in [-0.05, 0) is 37.0 Å². The molecule has 34 heavy (non-hydrogen) atoms. The van der Waals surface area contributed by atoms with Crippen molar-refractivity contribution < 1.29 is 23.0 Å². The number of aryl methyl sites for hydroxylation is 1. The Morgan fingerprint density at radius 2 is 1.68 bits per heavy atom. The van der Waals surface area contributed by atoms with Crippen molar-refractivity contribution in [2.45, 2.75) is 52.1 Å². The first-order valence-corrected chi connectivity index (χ1v) is 11.4. The molecule has 1 fully saturated rings. The van der Waals surface area contributed by atoms with Gasteiger partial charge in [0.2, 0.25) is 5.91 Å². The zero-order chi connectivity index (χ0) is 24.6. The van der Waals surface area contributed by atoms with E-state index >= 15 is 8.78 Å². The van der Waals surface area contributed by atoms with Crippen LogP contribution in [-0.4, -0.2) is 34.7 Å². The number of carbonyl (C=O) groups is 1. The van der Waals surface area contributed by atoms with E-state index in [0.717, 1.165) is 34.3 Å². The maximum atomic E-state index is 15.1. The molecular weight excluding hydrogens is 442 g/mol. The third-order valence-corrected chi connectivity index (χ3v) is 6.32. The highest BCUT2D eigenvalue weighted by Gasteiger charge is 2.57. The molecule has 5 rings (SSSR count). The van der Waals surface area contributed by atoms with Crippen LogP contribution in [0.3, 0.4) is 0 Å². The molecule has 1 aliphatic heterocycles. The van der Waals surface area contributed by atoms with E-state index in [1.165, 1.54) is 14.2 Å². The number of anilines is 1. The number of hydrogen-bond donors (Lipinski definition) is 0. The number of benzene rings is 1. The number of imidazole rings is 1. The standard InChI is InChI=1S/C23H22F2N4O3.C2H6/c1-4-28-11-16(27-12-28)15-7-14-13(9-26-15)10-29(22(30)23(14)5-6-23)21-19(24)17(31-2)8-18(32-3)20(21)25;1-2/h7-9,11-12H,4-6,10H2,1-3H3;1-2H3. The number of amides is 1. The number of methoxy groups -OCH3 is 2. The van der Waals surface area contributed by atoms with Crippen LogP contribution in [0.5, 0.6) is 11.5 Å². The number of halogens is 2. The zero-order valence-electron chi connectivity index (χ0n) is 20.0. The van der Waals surface area contributed by atoms with Crippen LogP contribution in [-0.2, 0) is 23.3 Å². The minimum atomic E-state index is -0.937. The number of rotatable bonds is 5. The van der Waals surface area contributed by atoms with Crippen molar-refractivity contribution >= 4 is 11.6 Å². The molecule has 0 unspecified atom stereocenters. The summed E-state index contributed by atoms with van der Waals surface area (Å²) in [7, 11) is 2.56. The Balaban J connectivity index is 0.00000133. The van der Waals surface area contributed by atoms with Crippen molar-refractivity contribution in [1.82, 2.24) is 14.5 Å². The number of fused-ring (bicyclic) bond motifs is 2. The van der Waals surface area contributed by atoms with Gasteiger partial charge in [0.15, 0.2) is 23.1 Å². The molecule has 0 bridgehead atoms. The minimum Gasteiger partial charge on any atom is -0.493 e. The summed E-state index contributed by atoms with van der Waals surface area (Å²) in [5.41, 5.74) is 1.72. The van der Waals surface area contributed by atoms with E-state index in [4.69, 9.17) is 9.47 Å². The van der Waals surface area contributed by atoms with Gasteiger partial charge in [0.25, 0.3) is 0 Å². The lowest BCUT2D eigenvalue weighted by Crippen LogP contribution is -2.45. The zero-order valence-corrected chi connectivity index (χ0v) is 20.0. The topological polar surface area (TPSA) is 69.5 Å². The Bertz CT molecular complexity index is 1210. The third kappa shape index (κ3) is 3.59. The van der Waals surface area contributed by atoms with Gasteiger partial charge in [-0.3, -0.25) is 9.78 Å². The van der Waals surface area contributed by atoms with E-state index in [2.05, 4.69) is 9.97 Å². The predicted molar refractivity (Wildman–Crippen MR) is 124 cm³/mol. The Labute approximate surface area is 197 Å². The molecule has 3 heterocycles. The third-order valence-electron chi connectivity index (χ3n) is 6.32. The van der Waals surface area contributed by atoms with Crippen molar-refractivity contribution in [2.75, 3.05) is 19.1 Å². The molecule has 0 radical (unpaired) electrons. The summed E-state index contributed by atoms with van der Waals surface area (Å²) in [4.78, 5) is 23.6. The average Bonchev–Trinajstić information content (AvgIpc) is 3.52. The van der Waals surface area contributed by atoms with E-state index in [9.17, 15) is 4.79 Å². The molecular formula is C25H28F2N4O3. The van der Waals surface area contributed by atoms with Gasteiger partial charge in [-0.15, -0.1) is 0 Å². The molecule has 0 saturated heterocycles. The van der Waals surface area contributed by atoms with Crippen molar-refractivity contribution in [3.8, 4) is 22.9 Å². The van der Waals surface area contributed by atoms with Crippen LogP contribution in [0.4, 0.5) is 14.5 Å². The summed E-state index contributed by atoms with van der Waals surface area (Å²) < 4.78 is 42.3. The summed E-state index contributed by atoms with van der Waals surface area (Å²) in [6, 6.07) is 3.02. The average molecular weight is 471 g/mol. The largest absolute Gasteiger partial charge is 0.493 e. The molecule has 1 amide bonds. The lowest BCUT2D eigenvalue weighted by Gasteiger charge is -2.35. The Kier molecular flexibility index (Phi) is 6.29. The van der Waals surface area contributed by atoms with Gasteiger partial charge in [0.05, 0.1) is 38.2 Å². The number of pyridine rings is 1. The number of aromatic nitrogens is 3. The minimum absolute atomic E-state index is 0.00322. The fraction of sp³-hybridized carbons (Fsp3) is 0.400. The van der Waals surface area contributed by atoms with E-state index in [1.807, 2.05) is 37.6 Å². The summed E-state index contributed by atoms with van der Waals surface area (Å²) >= 11 is 0. The van der Waals surface area contributed by atoms with Crippen LogP contribution in [0.2, 0.25) is 0 Å². The highest BCUT2D eigenvalue weighted by molar-refractivity contribution is 6.05.